The van der Waals surface area contributed by atoms with Crippen molar-refractivity contribution in [2.24, 2.45) is 12.0 Å². The normalized spacial score (nSPS) is 13.6. The van der Waals surface area contributed by atoms with E-state index in [-0.39, 0.29) is 5.92 Å². The number of amidine groups is 1. The van der Waals surface area contributed by atoms with Crippen molar-refractivity contribution in [2.75, 3.05) is 7.05 Å². The lowest BCUT2D eigenvalue weighted by atomic mass is 9.95. The van der Waals surface area contributed by atoms with E-state index in [2.05, 4.69) is 15.4 Å². The molecule has 134 valence electrons. The lowest BCUT2D eigenvalue weighted by Crippen LogP contribution is -2.13. The summed E-state index contributed by atoms with van der Waals surface area (Å²) in [5.74, 6) is 0.266. The van der Waals surface area contributed by atoms with Crippen LogP contribution in [0.1, 0.15) is 47.1 Å². The Morgan fingerprint density at radius 1 is 1.32 bits per heavy atom. The van der Waals surface area contributed by atoms with Crippen LogP contribution in [-0.4, -0.2) is 28.9 Å². The summed E-state index contributed by atoms with van der Waals surface area (Å²) in [5, 5.41) is 7.22. The third-order valence-corrected chi connectivity index (χ3v) is 3.99. The van der Waals surface area contributed by atoms with Crippen LogP contribution in [0.25, 0.3) is 0 Å². The van der Waals surface area contributed by atoms with Gasteiger partial charge in [-0.3, -0.25) is 9.48 Å². The van der Waals surface area contributed by atoms with Crippen molar-refractivity contribution in [3.8, 4) is 0 Å². The van der Waals surface area contributed by atoms with Gasteiger partial charge in [-0.15, -0.1) is 0 Å². The molecule has 0 fully saturated rings. The van der Waals surface area contributed by atoms with E-state index in [4.69, 9.17) is 0 Å². The zero-order chi connectivity index (χ0) is 18.8. The Hall–Kier alpha value is -2.64. The lowest BCUT2D eigenvalue weighted by molar-refractivity contribution is -0.137. The van der Waals surface area contributed by atoms with Gasteiger partial charge >= 0.3 is 6.18 Å². The summed E-state index contributed by atoms with van der Waals surface area (Å²) in [4.78, 5) is 15.8. The molecule has 1 aromatic heterocycles. The Morgan fingerprint density at radius 2 is 1.92 bits per heavy atom. The van der Waals surface area contributed by atoms with Crippen LogP contribution < -0.4 is 5.32 Å². The van der Waals surface area contributed by atoms with E-state index in [1.807, 2.05) is 6.92 Å². The molecule has 1 N–H and O–H groups in total. The minimum absolute atomic E-state index is 0.309. The van der Waals surface area contributed by atoms with Gasteiger partial charge in [0.15, 0.2) is 6.29 Å². The Labute approximate surface area is 143 Å². The topological polar surface area (TPSA) is 59.3 Å². The third kappa shape index (κ3) is 3.89. The second-order valence-corrected chi connectivity index (χ2v) is 5.65. The smallest absolute Gasteiger partial charge is 0.377 e. The van der Waals surface area contributed by atoms with E-state index in [9.17, 15) is 18.0 Å². The summed E-state index contributed by atoms with van der Waals surface area (Å²) in [5.41, 5.74) is 1.20. The molecule has 0 amide bonds. The van der Waals surface area contributed by atoms with Crippen molar-refractivity contribution in [3.63, 3.8) is 0 Å². The number of hydrogen-bond acceptors (Lipinski definition) is 3. The van der Waals surface area contributed by atoms with Crippen molar-refractivity contribution in [1.29, 1.82) is 0 Å². The Kier molecular flexibility index (Phi) is 5.30. The first-order valence-corrected chi connectivity index (χ1v) is 7.61. The van der Waals surface area contributed by atoms with Gasteiger partial charge in [-0.2, -0.15) is 18.3 Å². The first-order valence-electron chi connectivity index (χ1n) is 7.61. The monoisotopic (exact) mass is 352 g/mol. The maximum absolute atomic E-state index is 12.7. The Bertz CT molecular complexity index is 791. The van der Waals surface area contributed by atoms with Crippen LogP contribution in [0.4, 0.5) is 18.9 Å². The second kappa shape index (κ2) is 7.08. The molecule has 0 saturated carbocycles. The van der Waals surface area contributed by atoms with Crippen LogP contribution in [0.3, 0.4) is 0 Å². The molecule has 1 atom stereocenters. The molecule has 0 aliphatic heterocycles. The summed E-state index contributed by atoms with van der Waals surface area (Å²) in [7, 11) is 3.33. The van der Waals surface area contributed by atoms with Gasteiger partial charge in [0, 0.05) is 20.0 Å². The molecule has 2 rings (SSSR count). The molecule has 0 aliphatic rings. The molecule has 1 heterocycles. The van der Waals surface area contributed by atoms with E-state index >= 15 is 0 Å². The SMILES string of the molecule is CN/C(C)=N\c1c(C(C)c2ccc(C(F)(F)F)cc2)nn(C)c1C=O. The molecule has 0 aliphatic carbocycles. The van der Waals surface area contributed by atoms with E-state index in [0.717, 1.165) is 12.1 Å². The number of hydrogen-bond donors (Lipinski definition) is 1. The van der Waals surface area contributed by atoms with Crippen LogP contribution >= 0.6 is 0 Å². The molecule has 0 saturated heterocycles. The fourth-order valence-electron chi connectivity index (χ4n) is 2.43. The van der Waals surface area contributed by atoms with Gasteiger partial charge in [0.25, 0.3) is 0 Å². The molecule has 0 spiro atoms. The molecule has 2 aromatic rings. The standard InChI is InChI=1S/C17H19F3N4O/c1-10(12-5-7-13(8-6-12)17(18,19)20)15-16(22-11(2)21-3)14(9-25)24(4)23-15/h5-10H,1-4H3,(H,21,22). The zero-order valence-corrected chi connectivity index (χ0v) is 14.3. The minimum Gasteiger partial charge on any atom is -0.377 e. The molecule has 1 aromatic carbocycles. The van der Waals surface area contributed by atoms with Crippen LogP contribution in [0.15, 0.2) is 29.3 Å². The summed E-state index contributed by atoms with van der Waals surface area (Å²) >= 11 is 0. The number of carbonyl (C=O) groups is 1. The van der Waals surface area contributed by atoms with Gasteiger partial charge in [0.1, 0.15) is 11.4 Å². The highest BCUT2D eigenvalue weighted by molar-refractivity contribution is 5.88. The second-order valence-electron chi connectivity index (χ2n) is 5.65. The van der Waals surface area contributed by atoms with E-state index in [1.165, 1.54) is 16.8 Å². The summed E-state index contributed by atoms with van der Waals surface area (Å²) < 4.78 is 39.6. The van der Waals surface area contributed by atoms with Gasteiger partial charge in [0.05, 0.1) is 17.1 Å². The molecular formula is C17H19F3N4O. The molecular weight excluding hydrogens is 333 g/mol. The molecule has 0 radical (unpaired) electrons. The number of aliphatic imine (C=N–C) groups is 1. The van der Waals surface area contributed by atoms with Gasteiger partial charge < -0.3 is 5.32 Å². The number of alkyl halides is 3. The first kappa shape index (κ1) is 18.7. The number of benzene rings is 1. The van der Waals surface area contributed by atoms with Crippen molar-refractivity contribution in [3.05, 3.63) is 46.8 Å². The predicted molar refractivity (Wildman–Crippen MR) is 89.4 cm³/mol. The summed E-state index contributed by atoms with van der Waals surface area (Å²) in [6, 6.07) is 4.91. The number of carbonyl (C=O) groups excluding carboxylic acids is 1. The van der Waals surface area contributed by atoms with Crippen molar-refractivity contribution >= 4 is 17.8 Å². The number of nitrogens with zero attached hydrogens (tertiary/aromatic N) is 3. The number of aldehydes is 1. The number of halogens is 3. The number of aromatic nitrogens is 2. The fourth-order valence-corrected chi connectivity index (χ4v) is 2.43. The van der Waals surface area contributed by atoms with Gasteiger partial charge in [-0.25, -0.2) is 4.99 Å². The molecule has 1 unspecified atom stereocenters. The highest BCUT2D eigenvalue weighted by Crippen LogP contribution is 2.35. The third-order valence-electron chi connectivity index (χ3n) is 3.99. The van der Waals surface area contributed by atoms with Gasteiger partial charge in [-0.1, -0.05) is 19.1 Å². The largest absolute Gasteiger partial charge is 0.416 e. The predicted octanol–water partition coefficient (Wildman–Crippen LogP) is 3.67. The maximum atomic E-state index is 12.7. The Morgan fingerprint density at radius 3 is 2.40 bits per heavy atom. The van der Waals surface area contributed by atoms with Crippen LogP contribution in [0.2, 0.25) is 0 Å². The van der Waals surface area contributed by atoms with E-state index < -0.39 is 11.7 Å². The zero-order valence-electron chi connectivity index (χ0n) is 14.3. The highest BCUT2D eigenvalue weighted by Gasteiger charge is 2.30. The van der Waals surface area contributed by atoms with Crippen molar-refractivity contribution < 1.29 is 18.0 Å². The minimum atomic E-state index is -4.38. The van der Waals surface area contributed by atoms with Crippen LogP contribution in [0.5, 0.6) is 0 Å². The van der Waals surface area contributed by atoms with Crippen LogP contribution in [0, 0.1) is 0 Å². The number of aryl methyl sites for hydroxylation is 1. The first-order chi connectivity index (χ1) is 11.7. The Balaban J connectivity index is 2.49. The average molecular weight is 352 g/mol. The molecule has 5 nitrogen and oxygen atoms in total. The van der Waals surface area contributed by atoms with E-state index in [1.54, 1.807) is 21.0 Å². The maximum Gasteiger partial charge on any atom is 0.416 e. The van der Waals surface area contributed by atoms with Crippen LogP contribution in [-0.2, 0) is 13.2 Å². The summed E-state index contributed by atoms with van der Waals surface area (Å²) in [6.07, 6.45) is -3.71. The number of rotatable bonds is 4. The van der Waals surface area contributed by atoms with Gasteiger partial charge in [-0.05, 0) is 24.6 Å². The van der Waals surface area contributed by atoms with Crippen molar-refractivity contribution in [1.82, 2.24) is 15.1 Å². The van der Waals surface area contributed by atoms with E-state index in [0.29, 0.717) is 34.8 Å². The highest BCUT2D eigenvalue weighted by atomic mass is 19.4. The number of nitrogens with one attached hydrogen (secondary N) is 1. The fraction of sp³-hybridized carbons (Fsp3) is 0.353. The van der Waals surface area contributed by atoms with Crippen molar-refractivity contribution in [2.45, 2.75) is 25.9 Å². The average Bonchev–Trinajstić information content (AvgIpc) is 2.88. The quantitative estimate of drug-likeness (QED) is 0.519. The van der Waals surface area contributed by atoms with Gasteiger partial charge in [0.2, 0.25) is 0 Å². The molecule has 8 heteroatoms. The molecule has 25 heavy (non-hydrogen) atoms. The summed E-state index contributed by atoms with van der Waals surface area (Å²) in [6.45, 7) is 3.56. The lowest BCUT2D eigenvalue weighted by Gasteiger charge is -2.13. The molecule has 0 bridgehead atoms.